The van der Waals surface area contributed by atoms with E-state index >= 15 is 0 Å². The van der Waals surface area contributed by atoms with Gasteiger partial charge in [0.2, 0.25) is 0 Å². The van der Waals surface area contributed by atoms with Crippen molar-refractivity contribution < 1.29 is 9.53 Å². The number of anilines is 1. The fourth-order valence-corrected chi connectivity index (χ4v) is 1.72. The van der Waals surface area contributed by atoms with Crippen molar-refractivity contribution in [3.8, 4) is 5.75 Å². The Balaban J connectivity index is 2.25. The average Bonchev–Trinajstić information content (AvgIpc) is 2.38. The summed E-state index contributed by atoms with van der Waals surface area (Å²) in [5, 5.41) is 0. The van der Waals surface area contributed by atoms with E-state index in [0.717, 1.165) is 11.3 Å². The van der Waals surface area contributed by atoms with Gasteiger partial charge >= 0.3 is 0 Å². The lowest BCUT2D eigenvalue weighted by atomic mass is 10.1. The van der Waals surface area contributed by atoms with E-state index in [9.17, 15) is 4.79 Å². The molecule has 0 aliphatic rings. The molecule has 4 N–H and O–H groups in total. The van der Waals surface area contributed by atoms with Crippen LogP contribution >= 0.6 is 0 Å². The van der Waals surface area contributed by atoms with Gasteiger partial charge in [0.1, 0.15) is 6.61 Å². The van der Waals surface area contributed by atoms with Crippen LogP contribution in [-0.2, 0) is 6.61 Å². The first-order valence-electron chi connectivity index (χ1n) is 5.81. The summed E-state index contributed by atoms with van der Waals surface area (Å²) in [6.45, 7) is 2.18. The Hall–Kier alpha value is -2.56. The van der Waals surface area contributed by atoms with Crippen molar-refractivity contribution in [3.05, 3.63) is 53.3 Å². The summed E-state index contributed by atoms with van der Waals surface area (Å²) >= 11 is 0. The summed E-state index contributed by atoms with van der Waals surface area (Å²) in [5.74, 6) is -0.264. The highest BCUT2D eigenvalue weighted by molar-refractivity contribution is 5.97. The third-order valence-electron chi connectivity index (χ3n) is 2.78. The van der Waals surface area contributed by atoms with Crippen molar-refractivity contribution in [1.29, 1.82) is 0 Å². The summed E-state index contributed by atoms with van der Waals surface area (Å²) in [7, 11) is 0. The summed E-state index contributed by atoms with van der Waals surface area (Å²) in [4.78, 5) is 15.5. The smallest absolute Gasteiger partial charge is 0.252 e. The van der Waals surface area contributed by atoms with Crippen LogP contribution < -0.4 is 16.2 Å². The average molecular weight is 257 g/mol. The Morgan fingerprint density at radius 3 is 2.79 bits per heavy atom. The molecule has 1 amide bonds. The molecule has 0 aliphatic carbocycles. The van der Waals surface area contributed by atoms with Gasteiger partial charge in [-0.2, -0.15) is 0 Å². The van der Waals surface area contributed by atoms with Gasteiger partial charge in [-0.1, -0.05) is 12.1 Å². The third-order valence-corrected chi connectivity index (χ3v) is 2.78. The highest BCUT2D eigenvalue weighted by Crippen LogP contribution is 2.26. The largest absolute Gasteiger partial charge is 0.484 e. The number of ether oxygens (including phenoxy) is 1. The van der Waals surface area contributed by atoms with E-state index in [4.69, 9.17) is 16.2 Å². The van der Waals surface area contributed by atoms with Crippen molar-refractivity contribution in [2.24, 2.45) is 5.73 Å². The molecule has 0 saturated heterocycles. The van der Waals surface area contributed by atoms with Crippen molar-refractivity contribution in [2.45, 2.75) is 13.5 Å². The summed E-state index contributed by atoms with van der Waals surface area (Å²) in [6.07, 6.45) is 1.69. The van der Waals surface area contributed by atoms with E-state index in [2.05, 4.69) is 4.98 Å². The number of carbonyl (C=O) groups excluding carboxylic acids is 1. The second-order valence-electron chi connectivity index (χ2n) is 4.14. The first kappa shape index (κ1) is 12.9. The van der Waals surface area contributed by atoms with Crippen LogP contribution in [0.1, 0.15) is 21.6 Å². The number of amides is 1. The maximum absolute atomic E-state index is 11.3. The summed E-state index contributed by atoms with van der Waals surface area (Å²) < 4.78 is 5.61. The number of nitrogen functional groups attached to an aromatic ring is 1. The van der Waals surface area contributed by atoms with Crippen LogP contribution in [0.15, 0.2) is 36.5 Å². The first-order chi connectivity index (χ1) is 9.09. The predicted molar refractivity (Wildman–Crippen MR) is 72.7 cm³/mol. The van der Waals surface area contributed by atoms with Gasteiger partial charge in [0.05, 0.1) is 16.9 Å². The molecule has 0 aliphatic heterocycles. The molecule has 0 atom stereocenters. The molecule has 5 heteroatoms. The molecule has 1 aromatic heterocycles. The minimum Gasteiger partial charge on any atom is -0.484 e. The van der Waals surface area contributed by atoms with Crippen LogP contribution in [0, 0.1) is 6.92 Å². The summed E-state index contributed by atoms with van der Waals surface area (Å²) in [5.41, 5.74) is 13.6. The van der Waals surface area contributed by atoms with E-state index in [1.165, 1.54) is 0 Å². The molecule has 1 aromatic carbocycles. The molecule has 2 aromatic rings. The molecule has 5 nitrogen and oxygen atoms in total. The maximum Gasteiger partial charge on any atom is 0.252 e. The zero-order chi connectivity index (χ0) is 13.8. The number of hydrogen-bond acceptors (Lipinski definition) is 4. The van der Waals surface area contributed by atoms with E-state index in [1.54, 1.807) is 24.4 Å². The number of hydrogen-bond donors (Lipinski definition) is 2. The van der Waals surface area contributed by atoms with Crippen LogP contribution in [0.5, 0.6) is 5.75 Å². The van der Waals surface area contributed by atoms with Gasteiger partial charge in [-0.15, -0.1) is 0 Å². The lowest BCUT2D eigenvalue weighted by Crippen LogP contribution is -2.14. The highest BCUT2D eigenvalue weighted by atomic mass is 16.5. The number of nitrogens with zero attached hydrogens (tertiary/aromatic N) is 1. The fourth-order valence-electron chi connectivity index (χ4n) is 1.72. The fraction of sp³-hybridized carbons (Fsp3) is 0.143. The molecule has 0 bridgehead atoms. The SMILES string of the molecule is Cc1cccnc1COc1c(N)cccc1C(N)=O. The number of aromatic nitrogens is 1. The molecule has 0 fully saturated rings. The standard InChI is InChI=1S/C14H15N3O2/c1-9-4-3-7-17-12(9)8-19-13-10(14(16)18)5-2-6-11(13)15/h2-7H,8,15H2,1H3,(H2,16,18). The number of aryl methyl sites for hydroxylation is 1. The normalized spacial score (nSPS) is 10.2. The molecule has 19 heavy (non-hydrogen) atoms. The van der Waals surface area contributed by atoms with E-state index < -0.39 is 5.91 Å². The Labute approximate surface area is 111 Å². The Morgan fingerprint density at radius 2 is 2.11 bits per heavy atom. The number of benzene rings is 1. The van der Waals surface area contributed by atoms with Crippen LogP contribution in [-0.4, -0.2) is 10.9 Å². The third kappa shape index (κ3) is 2.82. The number of pyridine rings is 1. The van der Waals surface area contributed by atoms with Gasteiger partial charge in [0.15, 0.2) is 5.75 Å². The number of primary amides is 1. The van der Waals surface area contributed by atoms with Crippen LogP contribution in [0.4, 0.5) is 5.69 Å². The Kier molecular flexibility index (Phi) is 3.66. The maximum atomic E-state index is 11.3. The molecule has 0 spiro atoms. The second-order valence-corrected chi connectivity index (χ2v) is 4.14. The highest BCUT2D eigenvalue weighted by Gasteiger charge is 2.13. The topological polar surface area (TPSA) is 91.2 Å². The molecule has 0 radical (unpaired) electrons. The quantitative estimate of drug-likeness (QED) is 0.815. The lowest BCUT2D eigenvalue weighted by Gasteiger charge is -2.12. The zero-order valence-corrected chi connectivity index (χ0v) is 10.6. The molecule has 0 saturated carbocycles. The van der Waals surface area contributed by atoms with Gasteiger partial charge in [0.25, 0.3) is 5.91 Å². The monoisotopic (exact) mass is 257 g/mol. The number of rotatable bonds is 4. The van der Waals surface area contributed by atoms with E-state index in [1.807, 2.05) is 19.1 Å². The number of nitrogens with two attached hydrogens (primary N) is 2. The molecular formula is C14H15N3O2. The molecule has 2 rings (SSSR count). The molecule has 0 unspecified atom stereocenters. The minimum absolute atomic E-state index is 0.237. The summed E-state index contributed by atoms with van der Waals surface area (Å²) in [6, 6.07) is 8.69. The van der Waals surface area contributed by atoms with Gasteiger partial charge in [-0.3, -0.25) is 9.78 Å². The van der Waals surface area contributed by atoms with E-state index in [0.29, 0.717) is 11.4 Å². The molecule has 1 heterocycles. The first-order valence-corrected chi connectivity index (χ1v) is 5.81. The molecular weight excluding hydrogens is 242 g/mol. The van der Waals surface area contributed by atoms with Gasteiger partial charge in [-0.25, -0.2) is 0 Å². The number of carbonyl (C=O) groups is 1. The van der Waals surface area contributed by atoms with Crippen LogP contribution in [0.3, 0.4) is 0 Å². The van der Waals surface area contributed by atoms with E-state index in [-0.39, 0.29) is 12.2 Å². The van der Waals surface area contributed by atoms with Crippen molar-refractivity contribution >= 4 is 11.6 Å². The number of para-hydroxylation sites is 1. The zero-order valence-electron chi connectivity index (χ0n) is 10.6. The van der Waals surface area contributed by atoms with Crippen molar-refractivity contribution in [1.82, 2.24) is 4.98 Å². The van der Waals surface area contributed by atoms with Gasteiger partial charge in [-0.05, 0) is 30.7 Å². The minimum atomic E-state index is -0.569. The van der Waals surface area contributed by atoms with Gasteiger partial charge in [0, 0.05) is 6.20 Å². The van der Waals surface area contributed by atoms with Crippen LogP contribution in [0.25, 0.3) is 0 Å². The van der Waals surface area contributed by atoms with Crippen molar-refractivity contribution in [3.63, 3.8) is 0 Å². The Bertz CT molecular complexity index is 611. The van der Waals surface area contributed by atoms with Gasteiger partial charge < -0.3 is 16.2 Å². The van der Waals surface area contributed by atoms with Crippen molar-refractivity contribution in [2.75, 3.05) is 5.73 Å². The lowest BCUT2D eigenvalue weighted by molar-refractivity contribution is 0.0996. The molecule has 98 valence electrons. The Morgan fingerprint density at radius 1 is 1.32 bits per heavy atom. The second kappa shape index (κ2) is 5.39. The van der Waals surface area contributed by atoms with Crippen LogP contribution in [0.2, 0.25) is 0 Å². The predicted octanol–water partition coefficient (Wildman–Crippen LogP) is 1.65.